The van der Waals surface area contributed by atoms with Gasteiger partial charge in [0.05, 0.1) is 24.2 Å². The highest BCUT2D eigenvalue weighted by molar-refractivity contribution is 9.10. The Hall–Kier alpha value is -3.01. The minimum Gasteiger partial charge on any atom is -0.422 e. The van der Waals surface area contributed by atoms with E-state index in [2.05, 4.69) is 39.5 Å². The van der Waals surface area contributed by atoms with Crippen LogP contribution >= 0.6 is 15.9 Å². The molecule has 0 amide bonds. The van der Waals surface area contributed by atoms with Crippen LogP contribution in [0.2, 0.25) is 0 Å². The van der Waals surface area contributed by atoms with Crippen molar-refractivity contribution in [2.24, 2.45) is 4.40 Å². The molecule has 2 N–H and O–H groups in total. The number of anilines is 1. The van der Waals surface area contributed by atoms with Crippen LogP contribution in [0.3, 0.4) is 0 Å². The zero-order valence-corrected chi connectivity index (χ0v) is 21.2. The highest BCUT2D eigenvalue weighted by Crippen LogP contribution is 2.29. The van der Waals surface area contributed by atoms with Gasteiger partial charge >= 0.3 is 5.97 Å². The summed E-state index contributed by atoms with van der Waals surface area (Å²) in [6, 6.07) is 19.2. The normalized spacial score (nSPS) is 13.9. The van der Waals surface area contributed by atoms with E-state index in [1.807, 2.05) is 12.1 Å². The Labute approximate surface area is 207 Å². The van der Waals surface area contributed by atoms with Crippen molar-refractivity contribution in [2.75, 3.05) is 18.4 Å². The fraction of sp³-hybridized carbons (Fsp3) is 0.200. The van der Waals surface area contributed by atoms with Gasteiger partial charge in [0, 0.05) is 15.7 Å². The summed E-state index contributed by atoms with van der Waals surface area (Å²) in [5.41, 5.74) is 2.46. The molecule has 1 aliphatic rings. The van der Waals surface area contributed by atoms with E-state index < -0.39 is 16.0 Å². The molecule has 0 aliphatic carbocycles. The molecule has 0 aromatic heterocycles. The second-order valence-electron chi connectivity index (χ2n) is 7.86. The third-order valence-corrected chi connectivity index (χ3v) is 7.72. The summed E-state index contributed by atoms with van der Waals surface area (Å²) in [5.74, 6) is 0.283. The van der Waals surface area contributed by atoms with Crippen molar-refractivity contribution in [3.05, 3.63) is 87.9 Å². The SMILES string of the molecule is CC[NH+](CC)Cc1cc(NC2=NS(=O)(=O)c3ccccc32)ccc1OC(=O)c1ccccc1Br. The minimum absolute atomic E-state index is 0.185. The van der Waals surface area contributed by atoms with Gasteiger partial charge in [0.25, 0.3) is 10.0 Å². The van der Waals surface area contributed by atoms with Crippen LogP contribution in [0.1, 0.15) is 35.3 Å². The van der Waals surface area contributed by atoms with Crippen molar-refractivity contribution in [3.8, 4) is 5.75 Å². The third kappa shape index (κ3) is 5.06. The lowest BCUT2D eigenvalue weighted by Crippen LogP contribution is -3.10. The van der Waals surface area contributed by atoms with Gasteiger partial charge < -0.3 is 15.0 Å². The average Bonchev–Trinajstić information content (AvgIpc) is 3.09. The molecule has 0 bridgehead atoms. The number of esters is 1. The number of halogens is 1. The Balaban J connectivity index is 1.66. The Morgan fingerprint density at radius 2 is 1.74 bits per heavy atom. The predicted molar refractivity (Wildman–Crippen MR) is 135 cm³/mol. The predicted octanol–water partition coefficient (Wildman–Crippen LogP) is 3.65. The summed E-state index contributed by atoms with van der Waals surface area (Å²) in [5, 5.41) is 3.14. The molecule has 0 unspecified atom stereocenters. The number of carbonyl (C=O) groups is 1. The lowest BCUT2D eigenvalue weighted by Gasteiger charge is -2.19. The van der Waals surface area contributed by atoms with Gasteiger partial charge in [0.2, 0.25) is 0 Å². The number of rotatable bonds is 7. The number of ether oxygens (including phenoxy) is 1. The van der Waals surface area contributed by atoms with Gasteiger partial charge in [-0.3, -0.25) is 0 Å². The van der Waals surface area contributed by atoms with E-state index >= 15 is 0 Å². The van der Waals surface area contributed by atoms with Crippen molar-refractivity contribution in [2.45, 2.75) is 25.3 Å². The van der Waals surface area contributed by atoms with E-state index in [1.54, 1.807) is 54.6 Å². The highest BCUT2D eigenvalue weighted by Gasteiger charge is 2.28. The van der Waals surface area contributed by atoms with Crippen LogP contribution < -0.4 is 15.0 Å². The number of benzene rings is 3. The maximum Gasteiger partial charge on any atom is 0.344 e. The fourth-order valence-electron chi connectivity index (χ4n) is 3.78. The molecule has 0 radical (unpaired) electrons. The number of quaternary nitrogens is 1. The van der Waals surface area contributed by atoms with Crippen molar-refractivity contribution in [1.29, 1.82) is 0 Å². The summed E-state index contributed by atoms with van der Waals surface area (Å²) < 4.78 is 35.1. The van der Waals surface area contributed by atoms with Crippen LogP contribution in [-0.2, 0) is 16.6 Å². The summed E-state index contributed by atoms with van der Waals surface area (Å²) in [7, 11) is -3.72. The Kier molecular flexibility index (Phi) is 7.16. The standard InChI is InChI=1S/C25H24BrN3O4S/c1-3-29(4-2)16-17-15-18(27-24-20-10-6-8-12-23(20)34(31,32)28-24)13-14-22(17)33-25(30)19-9-5-7-11-21(19)26/h5-15H,3-4,16H2,1-2H3,(H,27,28)/p+1. The van der Waals surface area contributed by atoms with Gasteiger partial charge in [0.1, 0.15) is 17.2 Å². The van der Waals surface area contributed by atoms with Gasteiger partial charge in [-0.25, -0.2) is 4.79 Å². The van der Waals surface area contributed by atoms with Gasteiger partial charge in [0.15, 0.2) is 5.84 Å². The smallest absolute Gasteiger partial charge is 0.344 e. The highest BCUT2D eigenvalue weighted by atomic mass is 79.9. The number of amidine groups is 1. The number of nitrogens with one attached hydrogen (secondary N) is 2. The summed E-state index contributed by atoms with van der Waals surface area (Å²) >= 11 is 3.40. The molecule has 4 rings (SSSR count). The number of sulfonamides is 1. The molecule has 7 nitrogen and oxygen atoms in total. The third-order valence-electron chi connectivity index (χ3n) is 5.69. The number of hydrogen-bond acceptors (Lipinski definition) is 5. The molecule has 176 valence electrons. The van der Waals surface area contributed by atoms with Crippen molar-refractivity contribution >= 4 is 43.4 Å². The zero-order valence-electron chi connectivity index (χ0n) is 18.8. The van der Waals surface area contributed by atoms with Gasteiger partial charge in [-0.1, -0.05) is 24.3 Å². The summed E-state index contributed by atoms with van der Waals surface area (Å²) in [4.78, 5) is 14.3. The first-order valence-corrected chi connectivity index (χ1v) is 13.2. The molecule has 0 spiro atoms. The monoisotopic (exact) mass is 542 g/mol. The first-order valence-electron chi connectivity index (χ1n) is 11.0. The molecule has 3 aromatic carbocycles. The van der Waals surface area contributed by atoms with Crippen LogP contribution in [0, 0.1) is 0 Å². The molecule has 1 heterocycles. The van der Waals surface area contributed by atoms with Crippen molar-refractivity contribution in [1.82, 2.24) is 0 Å². The average molecular weight is 543 g/mol. The molecule has 34 heavy (non-hydrogen) atoms. The van der Waals surface area contributed by atoms with Crippen LogP contribution in [-0.4, -0.2) is 33.3 Å². The Morgan fingerprint density at radius 1 is 1.03 bits per heavy atom. The second-order valence-corrected chi connectivity index (χ2v) is 10.3. The zero-order chi connectivity index (χ0) is 24.3. The van der Waals surface area contributed by atoms with Gasteiger partial charge in [-0.15, -0.1) is 4.40 Å². The minimum atomic E-state index is -3.72. The molecule has 0 saturated carbocycles. The van der Waals surface area contributed by atoms with Crippen molar-refractivity contribution < 1.29 is 22.8 Å². The van der Waals surface area contributed by atoms with Crippen LogP contribution in [0.15, 0.2) is 80.5 Å². The molecule has 1 aliphatic heterocycles. The summed E-state index contributed by atoms with van der Waals surface area (Å²) in [6.45, 7) is 6.65. The largest absolute Gasteiger partial charge is 0.422 e. The van der Waals surface area contributed by atoms with E-state index in [1.165, 1.54) is 4.90 Å². The molecule has 9 heteroatoms. The molecule has 0 fully saturated rings. The van der Waals surface area contributed by atoms with Crippen molar-refractivity contribution in [3.63, 3.8) is 0 Å². The first-order chi connectivity index (χ1) is 16.3. The quantitative estimate of drug-likeness (QED) is 0.351. The van der Waals surface area contributed by atoms with E-state index in [-0.39, 0.29) is 10.7 Å². The lowest BCUT2D eigenvalue weighted by molar-refractivity contribution is -0.910. The van der Waals surface area contributed by atoms with Gasteiger partial charge in [-0.05, 0) is 72.2 Å². The fourth-order valence-corrected chi connectivity index (χ4v) is 5.40. The van der Waals surface area contributed by atoms with Gasteiger partial charge in [-0.2, -0.15) is 8.42 Å². The topological polar surface area (TPSA) is 89.3 Å². The second kappa shape index (κ2) is 10.1. The molecular weight excluding hydrogens is 518 g/mol. The van der Waals surface area contributed by atoms with Crippen LogP contribution in [0.5, 0.6) is 5.75 Å². The van der Waals surface area contributed by atoms with E-state index in [9.17, 15) is 13.2 Å². The number of fused-ring (bicyclic) bond motifs is 1. The van der Waals surface area contributed by atoms with Crippen LogP contribution in [0.25, 0.3) is 0 Å². The van der Waals surface area contributed by atoms with E-state index in [4.69, 9.17) is 4.74 Å². The maximum absolute atomic E-state index is 12.8. The number of nitrogens with zero attached hydrogens (tertiary/aromatic N) is 1. The molecule has 3 aromatic rings. The number of carbonyl (C=O) groups excluding carboxylic acids is 1. The van der Waals surface area contributed by atoms with Crippen LogP contribution in [0.4, 0.5) is 5.69 Å². The first kappa shape index (κ1) is 24.1. The number of hydrogen-bond donors (Lipinski definition) is 2. The Bertz CT molecular complexity index is 1370. The maximum atomic E-state index is 12.8. The Morgan fingerprint density at radius 3 is 2.47 bits per heavy atom. The van der Waals surface area contributed by atoms with E-state index in [0.717, 1.165) is 18.7 Å². The lowest BCUT2D eigenvalue weighted by atomic mass is 10.1. The molecule has 0 saturated heterocycles. The summed E-state index contributed by atoms with van der Waals surface area (Å²) in [6.07, 6.45) is 0. The van der Waals surface area contributed by atoms with E-state index in [0.29, 0.717) is 33.6 Å². The molecule has 0 atom stereocenters. The molecular formula is C25H25BrN3O4S+.